The van der Waals surface area contributed by atoms with Gasteiger partial charge in [0.15, 0.2) is 0 Å². The van der Waals surface area contributed by atoms with Crippen LogP contribution in [0.3, 0.4) is 0 Å². The van der Waals surface area contributed by atoms with E-state index in [9.17, 15) is 0 Å². The molecule has 1 rings (SSSR count). The molecule has 1 heterocycles. The first-order valence-corrected chi connectivity index (χ1v) is 6.12. The molecule has 0 aliphatic rings. The van der Waals surface area contributed by atoms with Gasteiger partial charge in [0, 0.05) is 18.3 Å². The standard InChI is InChI=1S/C13H22N2O2/c1-4-14-9-12-5-6-15-10-13(12)17-8-7-16-11(2)3/h5-6,10-11,14H,4,7-9H2,1-3H3. The van der Waals surface area contributed by atoms with Gasteiger partial charge in [-0.05, 0) is 26.5 Å². The van der Waals surface area contributed by atoms with Crippen molar-refractivity contribution in [2.75, 3.05) is 19.8 Å². The molecule has 1 N–H and O–H groups in total. The van der Waals surface area contributed by atoms with Crippen LogP contribution in [-0.4, -0.2) is 30.8 Å². The summed E-state index contributed by atoms with van der Waals surface area (Å²) in [5, 5.41) is 3.27. The summed E-state index contributed by atoms with van der Waals surface area (Å²) in [6.45, 7) is 9.02. The van der Waals surface area contributed by atoms with Gasteiger partial charge in [0.25, 0.3) is 0 Å². The highest BCUT2D eigenvalue weighted by Gasteiger charge is 2.03. The van der Waals surface area contributed by atoms with Crippen molar-refractivity contribution in [3.63, 3.8) is 0 Å². The maximum absolute atomic E-state index is 5.66. The maximum atomic E-state index is 5.66. The summed E-state index contributed by atoms with van der Waals surface area (Å²) in [5.74, 6) is 0.834. The third-order valence-corrected chi connectivity index (χ3v) is 2.23. The van der Waals surface area contributed by atoms with Crippen molar-refractivity contribution in [3.05, 3.63) is 24.0 Å². The molecule has 0 aromatic carbocycles. The summed E-state index contributed by atoms with van der Waals surface area (Å²) in [7, 11) is 0. The lowest BCUT2D eigenvalue weighted by atomic mass is 10.2. The monoisotopic (exact) mass is 238 g/mol. The van der Waals surface area contributed by atoms with Gasteiger partial charge in [-0.2, -0.15) is 0 Å². The fourth-order valence-electron chi connectivity index (χ4n) is 1.38. The van der Waals surface area contributed by atoms with Gasteiger partial charge in [0.2, 0.25) is 0 Å². The van der Waals surface area contributed by atoms with Gasteiger partial charge >= 0.3 is 0 Å². The molecule has 4 nitrogen and oxygen atoms in total. The molecule has 96 valence electrons. The van der Waals surface area contributed by atoms with E-state index in [-0.39, 0.29) is 6.10 Å². The second kappa shape index (κ2) is 8.03. The fourth-order valence-corrected chi connectivity index (χ4v) is 1.38. The third-order valence-electron chi connectivity index (χ3n) is 2.23. The summed E-state index contributed by atoms with van der Waals surface area (Å²) in [6.07, 6.45) is 3.78. The first kappa shape index (κ1) is 13.9. The van der Waals surface area contributed by atoms with Gasteiger partial charge in [-0.25, -0.2) is 0 Å². The molecule has 0 unspecified atom stereocenters. The molecule has 1 aromatic heterocycles. The molecule has 0 amide bonds. The van der Waals surface area contributed by atoms with E-state index in [1.165, 1.54) is 0 Å². The molecular formula is C13H22N2O2. The zero-order valence-corrected chi connectivity index (χ0v) is 10.9. The Hall–Kier alpha value is -1.13. The predicted molar refractivity (Wildman–Crippen MR) is 68.2 cm³/mol. The molecule has 0 fully saturated rings. The molecule has 17 heavy (non-hydrogen) atoms. The van der Waals surface area contributed by atoms with Crippen molar-refractivity contribution in [2.45, 2.75) is 33.4 Å². The molecule has 0 radical (unpaired) electrons. The summed E-state index contributed by atoms with van der Waals surface area (Å²) >= 11 is 0. The van der Waals surface area contributed by atoms with E-state index in [2.05, 4.69) is 17.2 Å². The number of rotatable bonds is 8. The van der Waals surface area contributed by atoms with Gasteiger partial charge in [-0.3, -0.25) is 4.98 Å². The average Bonchev–Trinajstić information content (AvgIpc) is 2.33. The van der Waals surface area contributed by atoms with Crippen LogP contribution in [0.1, 0.15) is 26.3 Å². The molecule has 4 heteroatoms. The fraction of sp³-hybridized carbons (Fsp3) is 0.615. The molecule has 0 saturated carbocycles. The topological polar surface area (TPSA) is 43.4 Å². The van der Waals surface area contributed by atoms with E-state index in [1.54, 1.807) is 12.4 Å². The lowest BCUT2D eigenvalue weighted by molar-refractivity contribution is 0.0549. The van der Waals surface area contributed by atoms with Crippen LogP contribution >= 0.6 is 0 Å². The van der Waals surface area contributed by atoms with Crippen molar-refractivity contribution >= 4 is 0 Å². The maximum Gasteiger partial charge on any atom is 0.142 e. The van der Waals surface area contributed by atoms with Crippen LogP contribution in [0.25, 0.3) is 0 Å². The Morgan fingerprint density at radius 2 is 2.18 bits per heavy atom. The normalized spacial score (nSPS) is 10.8. The number of hydrogen-bond acceptors (Lipinski definition) is 4. The predicted octanol–water partition coefficient (Wildman–Crippen LogP) is 1.99. The molecule has 0 atom stereocenters. The first-order chi connectivity index (χ1) is 8.24. The van der Waals surface area contributed by atoms with E-state index < -0.39 is 0 Å². The Labute approximate surface area is 103 Å². The lowest BCUT2D eigenvalue weighted by Crippen LogP contribution is -2.15. The minimum absolute atomic E-state index is 0.244. The quantitative estimate of drug-likeness (QED) is 0.703. The SMILES string of the molecule is CCNCc1ccncc1OCCOC(C)C. The summed E-state index contributed by atoms with van der Waals surface area (Å²) in [5.41, 5.74) is 1.13. The zero-order chi connectivity index (χ0) is 12.5. The van der Waals surface area contributed by atoms with Crippen LogP contribution in [0.4, 0.5) is 0 Å². The molecule has 0 spiro atoms. The smallest absolute Gasteiger partial charge is 0.142 e. The van der Waals surface area contributed by atoms with E-state index in [4.69, 9.17) is 9.47 Å². The first-order valence-electron chi connectivity index (χ1n) is 6.12. The Balaban J connectivity index is 2.40. The Kier molecular flexibility index (Phi) is 6.58. The summed E-state index contributed by atoms with van der Waals surface area (Å²) in [6, 6.07) is 1.97. The number of ether oxygens (including phenoxy) is 2. The van der Waals surface area contributed by atoms with Crippen molar-refractivity contribution in [2.24, 2.45) is 0 Å². The van der Waals surface area contributed by atoms with Crippen LogP contribution < -0.4 is 10.1 Å². The number of hydrogen-bond donors (Lipinski definition) is 1. The van der Waals surface area contributed by atoms with Crippen molar-refractivity contribution < 1.29 is 9.47 Å². The van der Waals surface area contributed by atoms with E-state index >= 15 is 0 Å². The number of aromatic nitrogens is 1. The molecular weight excluding hydrogens is 216 g/mol. The molecule has 0 saturated heterocycles. The Bertz CT molecular complexity index is 316. The zero-order valence-electron chi connectivity index (χ0n) is 10.9. The van der Waals surface area contributed by atoms with Gasteiger partial charge in [0.1, 0.15) is 12.4 Å². The molecule has 0 bridgehead atoms. The highest BCUT2D eigenvalue weighted by atomic mass is 16.5. The van der Waals surface area contributed by atoms with Gasteiger partial charge in [-0.15, -0.1) is 0 Å². The second-order valence-electron chi connectivity index (χ2n) is 4.03. The number of pyridine rings is 1. The van der Waals surface area contributed by atoms with E-state index in [0.717, 1.165) is 24.4 Å². The van der Waals surface area contributed by atoms with Crippen LogP contribution in [0.2, 0.25) is 0 Å². The van der Waals surface area contributed by atoms with Gasteiger partial charge in [0.05, 0.1) is 18.9 Å². The highest BCUT2D eigenvalue weighted by Crippen LogP contribution is 2.15. The van der Waals surface area contributed by atoms with Crippen LogP contribution in [-0.2, 0) is 11.3 Å². The largest absolute Gasteiger partial charge is 0.489 e. The van der Waals surface area contributed by atoms with Gasteiger partial charge < -0.3 is 14.8 Å². The Morgan fingerprint density at radius 1 is 1.35 bits per heavy atom. The van der Waals surface area contributed by atoms with Crippen molar-refractivity contribution in [1.82, 2.24) is 10.3 Å². The third kappa shape index (κ3) is 5.65. The molecule has 0 aliphatic carbocycles. The van der Waals surface area contributed by atoms with Crippen molar-refractivity contribution in [3.8, 4) is 5.75 Å². The van der Waals surface area contributed by atoms with Crippen LogP contribution in [0.15, 0.2) is 18.5 Å². The molecule has 1 aromatic rings. The minimum atomic E-state index is 0.244. The van der Waals surface area contributed by atoms with Crippen LogP contribution in [0.5, 0.6) is 5.75 Å². The minimum Gasteiger partial charge on any atom is -0.489 e. The second-order valence-corrected chi connectivity index (χ2v) is 4.03. The van der Waals surface area contributed by atoms with Gasteiger partial charge in [-0.1, -0.05) is 6.92 Å². The summed E-state index contributed by atoms with van der Waals surface area (Å²) in [4.78, 5) is 4.07. The van der Waals surface area contributed by atoms with Crippen molar-refractivity contribution in [1.29, 1.82) is 0 Å². The van der Waals surface area contributed by atoms with E-state index in [0.29, 0.717) is 13.2 Å². The lowest BCUT2D eigenvalue weighted by Gasteiger charge is -2.12. The average molecular weight is 238 g/mol. The number of nitrogens with one attached hydrogen (secondary N) is 1. The number of nitrogens with zero attached hydrogens (tertiary/aromatic N) is 1. The van der Waals surface area contributed by atoms with Crippen LogP contribution in [0, 0.1) is 0 Å². The summed E-state index contributed by atoms with van der Waals surface area (Å²) < 4.78 is 11.1. The van der Waals surface area contributed by atoms with E-state index in [1.807, 2.05) is 19.9 Å². The highest BCUT2D eigenvalue weighted by molar-refractivity contribution is 5.29. The Morgan fingerprint density at radius 3 is 2.88 bits per heavy atom. The molecule has 0 aliphatic heterocycles.